The third kappa shape index (κ3) is 4.43. The number of hydrogen-bond donors (Lipinski definition) is 1. The smallest absolute Gasteiger partial charge is 0.364 e. The SMILES string of the molecule is C[C@@H]1CN(S(C)(=O)=O)CCN1c1cc(-c2ccnn2C)nc2c(-c3ccn[nH]3)nn(CC(F)(F)F)c12. The zero-order chi connectivity index (χ0) is 25.8. The number of nitrogens with zero attached hydrogens (tertiary/aromatic N) is 8. The van der Waals surface area contributed by atoms with Crippen LogP contribution >= 0.6 is 0 Å². The molecule has 5 rings (SSSR count). The zero-order valence-electron chi connectivity index (χ0n) is 19.7. The van der Waals surface area contributed by atoms with Crippen LogP contribution in [-0.2, 0) is 23.6 Å². The van der Waals surface area contributed by atoms with Crippen LogP contribution in [0.3, 0.4) is 0 Å². The number of fused-ring (bicyclic) bond motifs is 1. The van der Waals surface area contributed by atoms with E-state index in [0.717, 1.165) is 10.9 Å². The van der Waals surface area contributed by atoms with Crippen molar-refractivity contribution in [2.45, 2.75) is 25.7 Å². The lowest BCUT2D eigenvalue weighted by atomic mass is 10.1. The summed E-state index contributed by atoms with van der Waals surface area (Å²) in [4.78, 5) is 6.64. The maximum absolute atomic E-state index is 13.6. The van der Waals surface area contributed by atoms with Gasteiger partial charge in [-0.15, -0.1) is 0 Å². The average molecular weight is 524 g/mol. The van der Waals surface area contributed by atoms with E-state index in [0.29, 0.717) is 22.8 Å². The molecule has 1 aliphatic heterocycles. The summed E-state index contributed by atoms with van der Waals surface area (Å²) in [5.74, 6) is 0. The molecule has 192 valence electrons. The molecule has 4 aromatic heterocycles. The van der Waals surface area contributed by atoms with E-state index >= 15 is 0 Å². The van der Waals surface area contributed by atoms with E-state index in [4.69, 9.17) is 4.98 Å². The van der Waals surface area contributed by atoms with E-state index in [1.165, 1.54) is 10.5 Å². The van der Waals surface area contributed by atoms with Gasteiger partial charge < -0.3 is 4.90 Å². The summed E-state index contributed by atoms with van der Waals surface area (Å²) < 4.78 is 69.0. The van der Waals surface area contributed by atoms with Crippen molar-refractivity contribution in [2.75, 3.05) is 30.8 Å². The molecule has 0 spiro atoms. The molecule has 1 atom stereocenters. The van der Waals surface area contributed by atoms with E-state index in [1.807, 2.05) is 11.8 Å². The Kier molecular flexibility index (Phi) is 5.78. The summed E-state index contributed by atoms with van der Waals surface area (Å²) >= 11 is 0. The van der Waals surface area contributed by atoms with Crippen LogP contribution in [-0.4, -0.2) is 85.6 Å². The molecule has 1 fully saturated rings. The number of aryl methyl sites for hydroxylation is 1. The highest BCUT2D eigenvalue weighted by atomic mass is 32.2. The van der Waals surface area contributed by atoms with E-state index in [1.54, 1.807) is 36.1 Å². The number of sulfonamides is 1. The molecule has 11 nitrogen and oxygen atoms in total. The predicted molar refractivity (Wildman–Crippen MR) is 127 cm³/mol. The minimum Gasteiger partial charge on any atom is -0.364 e. The predicted octanol–water partition coefficient (Wildman–Crippen LogP) is 2.25. The third-order valence-corrected chi connectivity index (χ3v) is 7.48. The summed E-state index contributed by atoms with van der Waals surface area (Å²) in [6.07, 6.45) is -0.280. The molecule has 15 heteroatoms. The fourth-order valence-electron chi connectivity index (χ4n) is 4.57. The first-order valence-corrected chi connectivity index (χ1v) is 13.0. The van der Waals surface area contributed by atoms with Gasteiger partial charge in [-0.3, -0.25) is 14.5 Å². The fraction of sp³-hybridized carbons (Fsp3) is 0.429. The van der Waals surface area contributed by atoms with E-state index in [-0.39, 0.29) is 42.4 Å². The molecule has 5 heterocycles. The molecule has 0 saturated carbocycles. The highest BCUT2D eigenvalue weighted by Gasteiger charge is 2.35. The Morgan fingerprint density at radius 2 is 1.97 bits per heavy atom. The Labute approximate surface area is 204 Å². The molecular formula is C21H24F3N9O2S. The Bertz CT molecular complexity index is 1510. The van der Waals surface area contributed by atoms with Crippen molar-refractivity contribution in [1.82, 2.24) is 39.0 Å². The van der Waals surface area contributed by atoms with Gasteiger partial charge in [0.15, 0.2) is 0 Å². The Balaban J connectivity index is 1.76. The molecule has 0 radical (unpaired) electrons. The number of rotatable bonds is 5. The molecule has 0 unspecified atom stereocenters. The highest BCUT2D eigenvalue weighted by Crippen LogP contribution is 2.38. The number of halogens is 3. The van der Waals surface area contributed by atoms with Crippen LogP contribution in [0.25, 0.3) is 33.8 Å². The standard InChI is InChI=1S/C21H24F3N9O2S/c1-13-11-31(36(3,34)35)8-9-32(13)17-10-15(16-5-7-26-30(16)2)27-19-18(14-4-6-25-28-14)29-33(20(17)19)12-21(22,23)24/h4-7,10,13H,8-9,11-12H2,1-3H3,(H,25,28)/t13-/m1/s1. The van der Waals surface area contributed by atoms with Crippen molar-refractivity contribution < 1.29 is 21.6 Å². The number of hydrogen-bond acceptors (Lipinski definition) is 7. The second-order valence-corrected chi connectivity index (χ2v) is 10.8. The lowest BCUT2D eigenvalue weighted by Crippen LogP contribution is -2.53. The molecule has 0 aromatic carbocycles. The second-order valence-electron chi connectivity index (χ2n) is 8.82. The van der Waals surface area contributed by atoms with Crippen molar-refractivity contribution in [2.24, 2.45) is 7.05 Å². The number of nitrogens with one attached hydrogen (secondary N) is 1. The number of alkyl halides is 3. The summed E-state index contributed by atoms with van der Waals surface area (Å²) in [6, 6.07) is 4.78. The lowest BCUT2D eigenvalue weighted by Gasteiger charge is -2.40. The maximum Gasteiger partial charge on any atom is 0.408 e. The van der Waals surface area contributed by atoms with Gasteiger partial charge in [-0.2, -0.15) is 32.8 Å². The number of anilines is 1. The molecule has 0 amide bonds. The van der Waals surface area contributed by atoms with Gasteiger partial charge in [0.05, 0.1) is 29.0 Å². The average Bonchev–Trinajstić information content (AvgIpc) is 3.52. The topological polar surface area (TPSA) is 118 Å². The van der Waals surface area contributed by atoms with Crippen LogP contribution in [0.2, 0.25) is 0 Å². The molecule has 0 bridgehead atoms. The molecule has 0 aliphatic carbocycles. The first-order valence-electron chi connectivity index (χ1n) is 11.1. The number of aromatic nitrogens is 7. The summed E-state index contributed by atoms with van der Waals surface area (Å²) in [6.45, 7) is 1.22. The first kappa shape index (κ1) is 24.2. The van der Waals surface area contributed by atoms with Crippen molar-refractivity contribution in [1.29, 1.82) is 0 Å². The molecule has 1 saturated heterocycles. The Morgan fingerprint density at radius 3 is 2.56 bits per heavy atom. The van der Waals surface area contributed by atoms with Gasteiger partial charge in [0, 0.05) is 45.1 Å². The van der Waals surface area contributed by atoms with Crippen LogP contribution in [0.1, 0.15) is 6.92 Å². The zero-order valence-corrected chi connectivity index (χ0v) is 20.5. The van der Waals surface area contributed by atoms with Crippen molar-refractivity contribution in [3.63, 3.8) is 0 Å². The Hall–Kier alpha value is -3.46. The van der Waals surface area contributed by atoms with Gasteiger partial charge in [-0.25, -0.2) is 13.4 Å². The number of piperazine rings is 1. The van der Waals surface area contributed by atoms with Crippen LogP contribution in [0.5, 0.6) is 0 Å². The molecule has 36 heavy (non-hydrogen) atoms. The fourth-order valence-corrected chi connectivity index (χ4v) is 5.47. The quantitative estimate of drug-likeness (QED) is 0.426. The number of H-pyrrole nitrogens is 1. The van der Waals surface area contributed by atoms with Crippen LogP contribution in [0.15, 0.2) is 30.6 Å². The summed E-state index contributed by atoms with van der Waals surface area (Å²) in [5.41, 5.74) is 2.80. The first-order chi connectivity index (χ1) is 16.9. The van der Waals surface area contributed by atoms with Gasteiger partial charge >= 0.3 is 6.18 Å². The van der Waals surface area contributed by atoms with Gasteiger partial charge in [0.2, 0.25) is 10.0 Å². The van der Waals surface area contributed by atoms with Gasteiger partial charge in [-0.1, -0.05) is 0 Å². The van der Waals surface area contributed by atoms with Crippen molar-refractivity contribution >= 4 is 26.7 Å². The minimum absolute atomic E-state index is 0.199. The van der Waals surface area contributed by atoms with E-state index in [2.05, 4.69) is 20.4 Å². The number of aromatic amines is 1. The van der Waals surface area contributed by atoms with Crippen LogP contribution < -0.4 is 4.90 Å². The Morgan fingerprint density at radius 1 is 1.19 bits per heavy atom. The number of pyridine rings is 1. The molecule has 4 aromatic rings. The van der Waals surface area contributed by atoms with E-state index < -0.39 is 22.7 Å². The van der Waals surface area contributed by atoms with E-state index in [9.17, 15) is 21.6 Å². The van der Waals surface area contributed by atoms with Gasteiger partial charge in [0.1, 0.15) is 23.3 Å². The third-order valence-electron chi connectivity index (χ3n) is 6.21. The normalized spacial score (nSPS) is 17.8. The van der Waals surface area contributed by atoms with Gasteiger partial charge in [0.25, 0.3) is 0 Å². The highest BCUT2D eigenvalue weighted by molar-refractivity contribution is 7.88. The second kappa shape index (κ2) is 8.58. The largest absolute Gasteiger partial charge is 0.408 e. The molecular weight excluding hydrogens is 499 g/mol. The van der Waals surface area contributed by atoms with Gasteiger partial charge in [-0.05, 0) is 25.1 Å². The molecule has 1 N–H and O–H groups in total. The van der Waals surface area contributed by atoms with Crippen LogP contribution in [0, 0.1) is 0 Å². The van der Waals surface area contributed by atoms with Crippen LogP contribution in [0.4, 0.5) is 18.9 Å². The maximum atomic E-state index is 13.6. The lowest BCUT2D eigenvalue weighted by molar-refractivity contribution is -0.141. The molecule has 1 aliphatic rings. The minimum atomic E-state index is -4.53. The monoisotopic (exact) mass is 523 g/mol. The van der Waals surface area contributed by atoms with Crippen molar-refractivity contribution in [3.05, 3.63) is 30.6 Å². The summed E-state index contributed by atoms with van der Waals surface area (Å²) in [7, 11) is -1.66. The van der Waals surface area contributed by atoms with Crippen molar-refractivity contribution in [3.8, 4) is 22.8 Å². The summed E-state index contributed by atoms with van der Waals surface area (Å²) in [5, 5.41) is 15.2.